The van der Waals surface area contributed by atoms with Gasteiger partial charge >= 0.3 is 0 Å². The van der Waals surface area contributed by atoms with Gasteiger partial charge in [0.15, 0.2) is 0 Å². The van der Waals surface area contributed by atoms with Crippen LogP contribution in [0.1, 0.15) is 36.5 Å². The maximum atomic E-state index is 12.7. The van der Waals surface area contributed by atoms with Crippen LogP contribution in [0, 0.1) is 5.82 Å². The summed E-state index contributed by atoms with van der Waals surface area (Å²) in [6, 6.07) is 5.47. The average Bonchev–Trinajstić information content (AvgIpc) is 2.38. The summed E-state index contributed by atoms with van der Waals surface area (Å²) in [6.45, 7) is 2.57. The summed E-state index contributed by atoms with van der Waals surface area (Å²) >= 11 is 0. The van der Waals surface area contributed by atoms with Gasteiger partial charge in [-0.15, -0.1) is 5.73 Å². The Labute approximate surface area is 107 Å². The minimum atomic E-state index is -0.342. The van der Waals surface area contributed by atoms with E-state index in [1.807, 2.05) is 6.08 Å². The van der Waals surface area contributed by atoms with Crippen LogP contribution < -0.4 is 5.32 Å². The minimum Gasteiger partial charge on any atom is -0.348 e. The number of carbonyl (C=O) groups excluding carboxylic acids is 1. The number of rotatable bonds is 6. The number of unbranched alkanes of at least 4 members (excludes halogenated alkanes) is 2. The van der Waals surface area contributed by atoms with Crippen LogP contribution in [-0.2, 0) is 0 Å². The Hall–Kier alpha value is -1.86. The topological polar surface area (TPSA) is 29.1 Å². The molecule has 3 heteroatoms. The highest BCUT2D eigenvalue weighted by atomic mass is 19.1. The molecule has 1 aromatic carbocycles. The van der Waals surface area contributed by atoms with Crippen molar-refractivity contribution in [1.82, 2.24) is 5.32 Å². The lowest BCUT2D eigenvalue weighted by atomic mass is 10.2. The van der Waals surface area contributed by atoms with Crippen molar-refractivity contribution in [3.05, 3.63) is 53.5 Å². The molecule has 1 N–H and O–H groups in total. The highest BCUT2D eigenvalue weighted by Crippen LogP contribution is 2.02. The summed E-state index contributed by atoms with van der Waals surface area (Å²) in [5, 5.41) is 2.71. The largest absolute Gasteiger partial charge is 0.348 e. The molecular formula is C15H18FNO. The van der Waals surface area contributed by atoms with Crippen molar-refractivity contribution in [1.29, 1.82) is 0 Å². The molecule has 0 saturated heterocycles. The zero-order valence-corrected chi connectivity index (χ0v) is 10.6. The molecule has 0 atom stereocenters. The van der Waals surface area contributed by atoms with Gasteiger partial charge < -0.3 is 5.32 Å². The molecule has 0 aliphatic carbocycles. The quantitative estimate of drug-likeness (QED) is 0.605. The van der Waals surface area contributed by atoms with Crippen molar-refractivity contribution in [2.24, 2.45) is 0 Å². The van der Waals surface area contributed by atoms with Crippen LogP contribution in [0.15, 0.2) is 42.1 Å². The molecule has 0 unspecified atom stereocenters. The summed E-state index contributed by atoms with van der Waals surface area (Å²) < 4.78 is 12.7. The van der Waals surface area contributed by atoms with E-state index in [-0.39, 0.29) is 11.7 Å². The van der Waals surface area contributed by atoms with E-state index in [0.717, 1.165) is 12.8 Å². The second kappa shape index (κ2) is 8.26. The fourth-order valence-electron chi connectivity index (χ4n) is 1.38. The molecule has 18 heavy (non-hydrogen) atoms. The van der Waals surface area contributed by atoms with Crippen molar-refractivity contribution in [3.63, 3.8) is 0 Å². The van der Waals surface area contributed by atoms with Crippen molar-refractivity contribution < 1.29 is 9.18 Å². The summed E-state index contributed by atoms with van der Waals surface area (Å²) in [5.41, 5.74) is 3.47. The normalized spacial score (nSPS) is 9.44. The fraction of sp³-hybridized carbons (Fsp3) is 0.333. The van der Waals surface area contributed by atoms with Gasteiger partial charge in [-0.3, -0.25) is 4.79 Å². The predicted octanol–water partition coefficient (Wildman–Crippen LogP) is 3.46. The number of amides is 1. The van der Waals surface area contributed by atoms with E-state index in [1.165, 1.54) is 30.7 Å². The Bertz CT molecular complexity index is 430. The monoisotopic (exact) mass is 247 g/mol. The zero-order valence-electron chi connectivity index (χ0n) is 10.6. The van der Waals surface area contributed by atoms with Crippen LogP contribution >= 0.6 is 0 Å². The van der Waals surface area contributed by atoms with Gasteiger partial charge in [0.05, 0.1) is 0 Å². The molecule has 0 aromatic heterocycles. The Kier molecular flexibility index (Phi) is 6.52. The van der Waals surface area contributed by atoms with Crippen LogP contribution in [-0.4, -0.2) is 12.5 Å². The molecule has 0 radical (unpaired) electrons. The number of nitrogens with one attached hydrogen (secondary N) is 1. The molecule has 96 valence electrons. The summed E-state index contributed by atoms with van der Waals surface area (Å²) in [6.07, 6.45) is 7.08. The minimum absolute atomic E-state index is 0.207. The Morgan fingerprint density at radius 1 is 1.33 bits per heavy atom. The summed E-state index contributed by atoms with van der Waals surface area (Å²) in [7, 11) is 0. The van der Waals surface area contributed by atoms with Crippen molar-refractivity contribution in [2.45, 2.75) is 26.2 Å². The molecule has 0 aliphatic rings. The number of benzene rings is 1. The number of hydrogen-bond acceptors (Lipinski definition) is 1. The molecule has 1 rings (SSSR count). The van der Waals surface area contributed by atoms with Crippen molar-refractivity contribution >= 4 is 5.91 Å². The van der Waals surface area contributed by atoms with Crippen molar-refractivity contribution in [2.75, 3.05) is 6.54 Å². The van der Waals surface area contributed by atoms with Crippen LogP contribution in [0.4, 0.5) is 4.39 Å². The second-order valence-electron chi connectivity index (χ2n) is 3.93. The lowest BCUT2D eigenvalue weighted by Gasteiger charge is -2.01. The first-order valence-corrected chi connectivity index (χ1v) is 6.17. The van der Waals surface area contributed by atoms with E-state index < -0.39 is 0 Å². The van der Waals surface area contributed by atoms with E-state index in [2.05, 4.69) is 18.0 Å². The standard InChI is InChI=1S/C15H18FNO/c1-2-3-4-5-6-7-12-17-15(18)13-8-10-14(16)11-9-13/h5,7-11H,2-4,12H2,1H3,(H,17,18). The molecule has 0 bridgehead atoms. The van der Waals surface area contributed by atoms with Crippen LogP contribution in [0.2, 0.25) is 0 Å². The van der Waals surface area contributed by atoms with Gasteiger partial charge in [-0.2, -0.15) is 0 Å². The van der Waals surface area contributed by atoms with E-state index in [1.54, 1.807) is 6.08 Å². The van der Waals surface area contributed by atoms with Gasteiger partial charge in [0.2, 0.25) is 0 Å². The Morgan fingerprint density at radius 3 is 2.72 bits per heavy atom. The van der Waals surface area contributed by atoms with Crippen LogP contribution in [0.5, 0.6) is 0 Å². The first-order valence-electron chi connectivity index (χ1n) is 6.17. The molecule has 0 fully saturated rings. The first-order chi connectivity index (χ1) is 8.74. The van der Waals surface area contributed by atoms with Crippen LogP contribution in [0.3, 0.4) is 0 Å². The Balaban J connectivity index is 2.33. The molecule has 1 amide bonds. The third kappa shape index (κ3) is 5.46. The molecule has 0 spiro atoms. The predicted molar refractivity (Wildman–Crippen MR) is 70.9 cm³/mol. The SMILES string of the molecule is CCCCC=C=CCNC(=O)c1ccc(F)cc1. The smallest absolute Gasteiger partial charge is 0.251 e. The Morgan fingerprint density at radius 2 is 2.06 bits per heavy atom. The molecule has 2 nitrogen and oxygen atoms in total. The van der Waals surface area contributed by atoms with Gasteiger partial charge in [-0.25, -0.2) is 4.39 Å². The second-order valence-corrected chi connectivity index (χ2v) is 3.93. The van der Waals surface area contributed by atoms with Crippen LogP contribution in [0.25, 0.3) is 0 Å². The highest BCUT2D eigenvalue weighted by molar-refractivity contribution is 5.94. The summed E-state index contributed by atoms with van der Waals surface area (Å²) in [5.74, 6) is -0.549. The van der Waals surface area contributed by atoms with E-state index in [4.69, 9.17) is 0 Å². The zero-order chi connectivity index (χ0) is 13.2. The van der Waals surface area contributed by atoms with E-state index in [0.29, 0.717) is 12.1 Å². The van der Waals surface area contributed by atoms with E-state index in [9.17, 15) is 9.18 Å². The molecule has 0 saturated carbocycles. The molecular weight excluding hydrogens is 229 g/mol. The number of hydrogen-bond donors (Lipinski definition) is 1. The fourth-order valence-corrected chi connectivity index (χ4v) is 1.38. The van der Waals surface area contributed by atoms with Gasteiger partial charge in [0.1, 0.15) is 5.82 Å². The van der Waals surface area contributed by atoms with Gasteiger partial charge in [0, 0.05) is 12.1 Å². The maximum absolute atomic E-state index is 12.7. The van der Waals surface area contributed by atoms with Crippen molar-refractivity contribution in [3.8, 4) is 0 Å². The third-order valence-electron chi connectivity index (χ3n) is 2.41. The molecule has 0 heterocycles. The number of halogens is 1. The van der Waals surface area contributed by atoms with Gasteiger partial charge in [-0.05, 0) is 49.3 Å². The first kappa shape index (κ1) is 14.2. The summed E-state index contributed by atoms with van der Waals surface area (Å²) in [4.78, 5) is 11.6. The molecule has 1 aromatic rings. The van der Waals surface area contributed by atoms with Gasteiger partial charge in [0.25, 0.3) is 5.91 Å². The lowest BCUT2D eigenvalue weighted by molar-refractivity contribution is 0.0958. The highest BCUT2D eigenvalue weighted by Gasteiger charge is 2.02. The van der Waals surface area contributed by atoms with E-state index >= 15 is 0 Å². The van der Waals surface area contributed by atoms with Gasteiger partial charge in [-0.1, -0.05) is 13.3 Å². The average molecular weight is 247 g/mol. The maximum Gasteiger partial charge on any atom is 0.251 e. The third-order valence-corrected chi connectivity index (χ3v) is 2.41. The lowest BCUT2D eigenvalue weighted by Crippen LogP contribution is -2.23. The number of carbonyl (C=O) groups is 1. The molecule has 0 aliphatic heterocycles.